The third-order valence-corrected chi connectivity index (χ3v) is 6.31. The Labute approximate surface area is 163 Å². The van der Waals surface area contributed by atoms with E-state index in [1.54, 1.807) is 0 Å². The molecule has 0 aromatic heterocycles. The van der Waals surface area contributed by atoms with Gasteiger partial charge in [0.1, 0.15) is 0 Å². The van der Waals surface area contributed by atoms with Gasteiger partial charge in [0.05, 0.1) is 5.60 Å². The summed E-state index contributed by atoms with van der Waals surface area (Å²) in [6.07, 6.45) is 5.75. The minimum Gasteiger partial charge on any atom is -0.388 e. The van der Waals surface area contributed by atoms with E-state index in [0.29, 0.717) is 12.1 Å². The molecule has 1 aliphatic heterocycles. The summed E-state index contributed by atoms with van der Waals surface area (Å²) in [7, 11) is 2.16. The van der Waals surface area contributed by atoms with Gasteiger partial charge in [-0.15, -0.1) is 0 Å². The molecule has 1 saturated heterocycles. The average Bonchev–Trinajstić information content (AvgIpc) is 2.69. The van der Waals surface area contributed by atoms with Gasteiger partial charge in [-0.25, -0.2) is 0 Å². The van der Waals surface area contributed by atoms with Crippen molar-refractivity contribution in [3.05, 3.63) is 35.4 Å². The number of amides is 1. The van der Waals surface area contributed by atoms with Crippen molar-refractivity contribution in [2.45, 2.75) is 51.2 Å². The van der Waals surface area contributed by atoms with E-state index in [0.717, 1.165) is 45.6 Å². The van der Waals surface area contributed by atoms with Gasteiger partial charge < -0.3 is 15.3 Å². The number of carbonyl (C=O) groups excluding carboxylic acids is 1. The lowest BCUT2D eigenvalue weighted by molar-refractivity contribution is -0.0143. The summed E-state index contributed by atoms with van der Waals surface area (Å²) in [6.45, 7) is 7.53. The molecule has 1 heterocycles. The van der Waals surface area contributed by atoms with Crippen LogP contribution in [-0.2, 0) is 6.54 Å². The predicted octanol–water partition coefficient (Wildman–Crippen LogP) is 2.50. The second kappa shape index (κ2) is 9.18. The number of rotatable bonds is 6. The van der Waals surface area contributed by atoms with Crippen LogP contribution >= 0.6 is 0 Å². The molecule has 0 radical (unpaired) electrons. The van der Waals surface area contributed by atoms with Crippen molar-refractivity contribution in [1.29, 1.82) is 0 Å². The molecule has 150 valence electrons. The molecule has 2 aliphatic rings. The van der Waals surface area contributed by atoms with Gasteiger partial charge in [0, 0.05) is 44.8 Å². The lowest BCUT2D eigenvalue weighted by Crippen LogP contribution is -2.46. The first kappa shape index (κ1) is 20.3. The third kappa shape index (κ3) is 5.77. The zero-order valence-corrected chi connectivity index (χ0v) is 16.9. The second-order valence-corrected chi connectivity index (χ2v) is 8.65. The topological polar surface area (TPSA) is 55.8 Å². The molecule has 1 aromatic carbocycles. The van der Waals surface area contributed by atoms with Gasteiger partial charge in [0.25, 0.3) is 5.91 Å². The van der Waals surface area contributed by atoms with Gasteiger partial charge in [-0.05, 0) is 50.4 Å². The van der Waals surface area contributed by atoms with E-state index in [9.17, 15) is 9.90 Å². The normalized spacial score (nSPS) is 22.3. The summed E-state index contributed by atoms with van der Waals surface area (Å²) >= 11 is 0. The van der Waals surface area contributed by atoms with E-state index in [1.165, 1.54) is 24.8 Å². The van der Waals surface area contributed by atoms with Crippen LogP contribution < -0.4 is 5.32 Å². The standard InChI is InChI=1S/C22H35N3O2/c1-22(27,20-6-4-3-5-7-20)17-23-21(26)19-10-8-18(9-11-19)16-25-14-12-24(2)13-15-25/h8-11,20,27H,3-7,12-17H2,1-2H3,(H,23,26). The summed E-state index contributed by atoms with van der Waals surface area (Å²) in [4.78, 5) is 17.3. The highest BCUT2D eigenvalue weighted by Gasteiger charge is 2.33. The molecule has 1 amide bonds. The van der Waals surface area contributed by atoms with E-state index in [-0.39, 0.29) is 11.8 Å². The van der Waals surface area contributed by atoms with Crippen molar-refractivity contribution in [2.24, 2.45) is 5.92 Å². The number of carbonyl (C=O) groups is 1. The van der Waals surface area contributed by atoms with Gasteiger partial charge in [-0.3, -0.25) is 9.69 Å². The molecule has 2 fully saturated rings. The van der Waals surface area contributed by atoms with Crippen molar-refractivity contribution in [3.63, 3.8) is 0 Å². The lowest BCUT2D eigenvalue weighted by atomic mass is 9.78. The molecule has 1 aromatic rings. The van der Waals surface area contributed by atoms with Crippen molar-refractivity contribution >= 4 is 5.91 Å². The van der Waals surface area contributed by atoms with E-state index in [4.69, 9.17) is 0 Å². The molecule has 5 nitrogen and oxygen atoms in total. The Balaban J connectivity index is 1.48. The van der Waals surface area contributed by atoms with Gasteiger partial charge >= 0.3 is 0 Å². The molecule has 2 N–H and O–H groups in total. The van der Waals surface area contributed by atoms with Gasteiger partial charge in [0.15, 0.2) is 0 Å². The molecule has 1 aliphatic carbocycles. The van der Waals surface area contributed by atoms with Gasteiger partial charge in [0.2, 0.25) is 0 Å². The largest absolute Gasteiger partial charge is 0.388 e. The molecule has 5 heteroatoms. The Morgan fingerprint density at radius 3 is 2.37 bits per heavy atom. The van der Waals surface area contributed by atoms with Crippen LogP contribution in [0.4, 0.5) is 0 Å². The van der Waals surface area contributed by atoms with Crippen LogP contribution in [0, 0.1) is 5.92 Å². The maximum atomic E-state index is 12.5. The van der Waals surface area contributed by atoms with E-state index in [2.05, 4.69) is 22.2 Å². The van der Waals surface area contributed by atoms with Crippen molar-refractivity contribution < 1.29 is 9.90 Å². The zero-order chi connectivity index (χ0) is 19.3. The SMILES string of the molecule is CN1CCN(Cc2ccc(C(=O)NCC(C)(O)C3CCCCC3)cc2)CC1. The van der Waals surface area contributed by atoms with Crippen LogP contribution in [0.1, 0.15) is 54.9 Å². The maximum Gasteiger partial charge on any atom is 0.251 e. The Hall–Kier alpha value is -1.43. The summed E-state index contributed by atoms with van der Waals surface area (Å²) in [5, 5.41) is 13.7. The van der Waals surface area contributed by atoms with Crippen molar-refractivity contribution in [2.75, 3.05) is 39.8 Å². The van der Waals surface area contributed by atoms with E-state index < -0.39 is 5.60 Å². The summed E-state index contributed by atoms with van der Waals surface area (Å²) in [5.74, 6) is 0.190. The predicted molar refractivity (Wildman–Crippen MR) is 109 cm³/mol. The number of hydrogen-bond acceptors (Lipinski definition) is 4. The first-order valence-corrected chi connectivity index (χ1v) is 10.4. The number of likely N-dealkylation sites (N-methyl/N-ethyl adjacent to an activating group) is 1. The molecule has 1 atom stereocenters. The molecule has 3 rings (SSSR count). The fourth-order valence-corrected chi connectivity index (χ4v) is 4.26. The number of hydrogen-bond donors (Lipinski definition) is 2. The number of nitrogens with one attached hydrogen (secondary N) is 1. The maximum absolute atomic E-state index is 12.5. The molecular formula is C22H35N3O2. The second-order valence-electron chi connectivity index (χ2n) is 8.65. The Morgan fingerprint density at radius 1 is 1.11 bits per heavy atom. The van der Waals surface area contributed by atoms with E-state index in [1.807, 2.05) is 31.2 Å². The summed E-state index contributed by atoms with van der Waals surface area (Å²) in [5.41, 5.74) is 1.08. The minimum absolute atomic E-state index is 0.0998. The van der Waals surface area contributed by atoms with Crippen molar-refractivity contribution in [3.8, 4) is 0 Å². The number of nitrogens with zero attached hydrogens (tertiary/aromatic N) is 2. The van der Waals surface area contributed by atoms with Crippen LogP contribution in [0.3, 0.4) is 0 Å². The Kier molecular flexibility index (Phi) is 6.90. The molecule has 0 bridgehead atoms. The smallest absolute Gasteiger partial charge is 0.251 e. The van der Waals surface area contributed by atoms with Crippen LogP contribution in [-0.4, -0.2) is 66.2 Å². The average molecular weight is 374 g/mol. The van der Waals surface area contributed by atoms with E-state index >= 15 is 0 Å². The zero-order valence-electron chi connectivity index (χ0n) is 16.9. The van der Waals surface area contributed by atoms with Gasteiger partial charge in [-0.1, -0.05) is 31.4 Å². The van der Waals surface area contributed by atoms with Crippen LogP contribution in [0.5, 0.6) is 0 Å². The molecule has 0 spiro atoms. The molecule has 1 unspecified atom stereocenters. The first-order chi connectivity index (χ1) is 12.9. The molecule has 1 saturated carbocycles. The van der Waals surface area contributed by atoms with Gasteiger partial charge in [-0.2, -0.15) is 0 Å². The Morgan fingerprint density at radius 2 is 1.74 bits per heavy atom. The molecule has 27 heavy (non-hydrogen) atoms. The fraction of sp³-hybridized carbons (Fsp3) is 0.682. The lowest BCUT2D eigenvalue weighted by Gasteiger charge is -2.35. The fourth-order valence-electron chi connectivity index (χ4n) is 4.26. The summed E-state index contributed by atoms with van der Waals surface area (Å²) in [6, 6.07) is 7.89. The number of piperazine rings is 1. The van der Waals surface area contributed by atoms with Crippen molar-refractivity contribution in [1.82, 2.24) is 15.1 Å². The highest BCUT2D eigenvalue weighted by Crippen LogP contribution is 2.32. The third-order valence-electron chi connectivity index (χ3n) is 6.31. The van der Waals surface area contributed by atoms with Crippen LogP contribution in [0.15, 0.2) is 24.3 Å². The number of aliphatic hydroxyl groups is 1. The van der Waals surface area contributed by atoms with Crippen LogP contribution in [0.2, 0.25) is 0 Å². The Bertz CT molecular complexity index is 600. The first-order valence-electron chi connectivity index (χ1n) is 10.4. The number of benzene rings is 1. The highest BCUT2D eigenvalue weighted by molar-refractivity contribution is 5.94. The molecular weight excluding hydrogens is 338 g/mol. The monoisotopic (exact) mass is 373 g/mol. The minimum atomic E-state index is -0.822. The highest BCUT2D eigenvalue weighted by atomic mass is 16.3. The quantitative estimate of drug-likeness (QED) is 0.804. The van der Waals surface area contributed by atoms with Crippen LogP contribution in [0.25, 0.3) is 0 Å². The summed E-state index contributed by atoms with van der Waals surface area (Å²) < 4.78 is 0.